The zero-order chi connectivity index (χ0) is 16.8. The summed E-state index contributed by atoms with van der Waals surface area (Å²) in [5, 5.41) is 3.40. The summed E-state index contributed by atoms with van der Waals surface area (Å²) in [6, 6.07) is 1.85. The number of nitrogens with one attached hydrogen (secondary N) is 1. The van der Waals surface area contributed by atoms with Gasteiger partial charge in [-0.25, -0.2) is 15.0 Å². The van der Waals surface area contributed by atoms with Crippen LogP contribution in [0.5, 0.6) is 0 Å². The van der Waals surface area contributed by atoms with Crippen molar-refractivity contribution >= 4 is 11.8 Å². The van der Waals surface area contributed by atoms with E-state index in [4.69, 9.17) is 0 Å². The molecule has 0 bridgehead atoms. The topological polar surface area (TPSA) is 70.1 Å². The third-order valence-electron chi connectivity index (χ3n) is 4.23. The predicted octanol–water partition coefficient (Wildman–Crippen LogP) is 1.51. The summed E-state index contributed by atoms with van der Waals surface area (Å²) in [5.74, 6) is 1.74. The fourth-order valence-electron chi connectivity index (χ4n) is 2.84. The van der Waals surface area contributed by atoms with Crippen LogP contribution in [-0.2, 0) is 0 Å². The van der Waals surface area contributed by atoms with Crippen molar-refractivity contribution in [2.75, 3.05) is 49.5 Å². The Bertz CT molecular complexity index is 639. The zero-order valence-electron chi connectivity index (χ0n) is 14.4. The highest BCUT2D eigenvalue weighted by Crippen LogP contribution is 2.11. The van der Waals surface area contributed by atoms with Crippen LogP contribution in [0.15, 0.2) is 24.7 Å². The maximum Gasteiger partial charge on any atom is 0.225 e. The van der Waals surface area contributed by atoms with Gasteiger partial charge in [-0.2, -0.15) is 0 Å². The van der Waals surface area contributed by atoms with Crippen molar-refractivity contribution < 1.29 is 0 Å². The van der Waals surface area contributed by atoms with E-state index in [0.29, 0.717) is 0 Å². The van der Waals surface area contributed by atoms with Gasteiger partial charge in [0.25, 0.3) is 0 Å². The van der Waals surface area contributed by atoms with Crippen LogP contribution in [0.2, 0.25) is 0 Å². The van der Waals surface area contributed by atoms with Gasteiger partial charge in [0.1, 0.15) is 5.82 Å². The van der Waals surface area contributed by atoms with Crippen molar-refractivity contribution in [3.8, 4) is 0 Å². The van der Waals surface area contributed by atoms with E-state index in [1.54, 1.807) is 18.6 Å². The maximum absolute atomic E-state index is 4.49. The van der Waals surface area contributed by atoms with Gasteiger partial charge in [0, 0.05) is 51.3 Å². The molecule has 0 unspecified atom stereocenters. The van der Waals surface area contributed by atoms with Crippen molar-refractivity contribution in [2.24, 2.45) is 0 Å². The number of rotatable bonds is 6. The number of piperazine rings is 1. The molecule has 0 saturated carbocycles. The molecule has 1 aliphatic heterocycles. The van der Waals surface area contributed by atoms with Crippen molar-refractivity contribution in [1.29, 1.82) is 0 Å². The summed E-state index contributed by atoms with van der Waals surface area (Å²) in [4.78, 5) is 22.2. The van der Waals surface area contributed by atoms with E-state index in [1.807, 2.05) is 19.9 Å². The molecule has 3 rings (SSSR count). The first-order chi connectivity index (χ1) is 11.7. The van der Waals surface area contributed by atoms with Crippen LogP contribution in [0.4, 0.5) is 11.8 Å². The van der Waals surface area contributed by atoms with E-state index < -0.39 is 0 Å². The van der Waals surface area contributed by atoms with Crippen molar-refractivity contribution in [1.82, 2.24) is 24.8 Å². The molecule has 0 spiro atoms. The highest BCUT2D eigenvalue weighted by Gasteiger charge is 2.18. The molecule has 0 aliphatic carbocycles. The number of aryl methyl sites for hydroxylation is 2. The summed E-state index contributed by atoms with van der Waals surface area (Å²) >= 11 is 0. The van der Waals surface area contributed by atoms with E-state index in [0.717, 1.165) is 68.8 Å². The molecule has 2 aromatic rings. The lowest BCUT2D eigenvalue weighted by molar-refractivity contribution is 0.256. The molecular weight excluding hydrogens is 302 g/mol. The van der Waals surface area contributed by atoms with Crippen LogP contribution in [-0.4, -0.2) is 64.1 Å². The third-order valence-corrected chi connectivity index (χ3v) is 4.23. The molecule has 0 amide bonds. The SMILES string of the molecule is Cc1cnc(C)c(NCCCN2CCN(c3ncccn3)CC2)n1. The largest absolute Gasteiger partial charge is 0.369 e. The summed E-state index contributed by atoms with van der Waals surface area (Å²) in [5.41, 5.74) is 1.90. The number of nitrogens with zero attached hydrogens (tertiary/aromatic N) is 6. The van der Waals surface area contributed by atoms with Crippen LogP contribution in [0, 0.1) is 13.8 Å². The molecule has 0 aromatic carbocycles. The Labute approximate surface area is 143 Å². The Kier molecular flexibility index (Phi) is 5.53. The first-order valence-electron chi connectivity index (χ1n) is 8.51. The minimum atomic E-state index is 0.840. The van der Waals surface area contributed by atoms with Gasteiger partial charge in [-0.1, -0.05) is 0 Å². The fourth-order valence-corrected chi connectivity index (χ4v) is 2.84. The number of hydrogen-bond acceptors (Lipinski definition) is 7. The Morgan fingerprint density at radius 2 is 1.79 bits per heavy atom. The predicted molar refractivity (Wildman–Crippen MR) is 95.3 cm³/mol. The van der Waals surface area contributed by atoms with Gasteiger partial charge in [0.2, 0.25) is 5.95 Å². The lowest BCUT2D eigenvalue weighted by Gasteiger charge is -2.34. The maximum atomic E-state index is 4.49. The van der Waals surface area contributed by atoms with Crippen LogP contribution >= 0.6 is 0 Å². The minimum Gasteiger partial charge on any atom is -0.369 e. The average molecular weight is 327 g/mol. The van der Waals surface area contributed by atoms with Gasteiger partial charge < -0.3 is 10.2 Å². The van der Waals surface area contributed by atoms with E-state index in [1.165, 1.54) is 0 Å². The van der Waals surface area contributed by atoms with Gasteiger partial charge in [-0.3, -0.25) is 9.88 Å². The molecule has 0 radical (unpaired) electrons. The monoisotopic (exact) mass is 327 g/mol. The van der Waals surface area contributed by atoms with Crippen LogP contribution < -0.4 is 10.2 Å². The molecule has 1 aliphatic rings. The molecular formula is C17H25N7. The van der Waals surface area contributed by atoms with Gasteiger partial charge >= 0.3 is 0 Å². The third kappa shape index (κ3) is 4.38. The Morgan fingerprint density at radius 1 is 1.04 bits per heavy atom. The summed E-state index contributed by atoms with van der Waals surface area (Å²) in [7, 11) is 0. The normalized spacial score (nSPS) is 15.5. The lowest BCUT2D eigenvalue weighted by atomic mass is 10.3. The molecule has 128 valence electrons. The zero-order valence-corrected chi connectivity index (χ0v) is 14.4. The Morgan fingerprint density at radius 3 is 2.54 bits per heavy atom. The van der Waals surface area contributed by atoms with Crippen molar-refractivity contribution in [2.45, 2.75) is 20.3 Å². The standard InChI is InChI=1S/C17H25N7/c1-14-13-21-15(2)16(22-14)18-7-4-8-23-9-11-24(12-10-23)17-19-5-3-6-20-17/h3,5-6,13H,4,7-12H2,1-2H3,(H,18,22). The first kappa shape index (κ1) is 16.6. The highest BCUT2D eigenvalue weighted by molar-refractivity contribution is 5.39. The van der Waals surface area contributed by atoms with Gasteiger partial charge in [0.15, 0.2) is 0 Å². The number of anilines is 2. The van der Waals surface area contributed by atoms with Gasteiger partial charge in [0.05, 0.1) is 11.4 Å². The molecule has 1 saturated heterocycles. The second kappa shape index (κ2) is 8.01. The molecule has 3 heterocycles. The van der Waals surface area contributed by atoms with Crippen molar-refractivity contribution in [3.05, 3.63) is 36.0 Å². The molecule has 2 aromatic heterocycles. The van der Waals surface area contributed by atoms with Crippen LogP contribution in [0.3, 0.4) is 0 Å². The molecule has 7 nitrogen and oxygen atoms in total. The van der Waals surface area contributed by atoms with Crippen LogP contribution in [0.25, 0.3) is 0 Å². The summed E-state index contributed by atoms with van der Waals surface area (Å²) < 4.78 is 0. The molecule has 1 fully saturated rings. The van der Waals surface area contributed by atoms with Crippen molar-refractivity contribution in [3.63, 3.8) is 0 Å². The summed E-state index contributed by atoms with van der Waals surface area (Å²) in [6.45, 7) is 10.0. The highest BCUT2D eigenvalue weighted by atomic mass is 15.3. The first-order valence-corrected chi connectivity index (χ1v) is 8.51. The summed E-state index contributed by atoms with van der Waals surface area (Å²) in [6.07, 6.45) is 6.50. The second-order valence-electron chi connectivity index (χ2n) is 6.10. The lowest BCUT2D eigenvalue weighted by Crippen LogP contribution is -2.47. The average Bonchev–Trinajstić information content (AvgIpc) is 2.63. The van der Waals surface area contributed by atoms with E-state index in [2.05, 4.69) is 35.1 Å². The van der Waals surface area contributed by atoms with Crippen LogP contribution in [0.1, 0.15) is 17.8 Å². The van der Waals surface area contributed by atoms with Gasteiger partial charge in [-0.15, -0.1) is 0 Å². The van der Waals surface area contributed by atoms with Gasteiger partial charge in [-0.05, 0) is 32.9 Å². The molecule has 24 heavy (non-hydrogen) atoms. The quantitative estimate of drug-likeness (QED) is 0.806. The van der Waals surface area contributed by atoms with E-state index in [9.17, 15) is 0 Å². The van der Waals surface area contributed by atoms with E-state index >= 15 is 0 Å². The minimum absolute atomic E-state index is 0.840. The number of hydrogen-bond donors (Lipinski definition) is 1. The molecule has 1 N–H and O–H groups in total. The Hall–Kier alpha value is -2.28. The molecule has 7 heteroatoms. The Balaban J connectivity index is 1.37. The molecule has 0 atom stereocenters. The fraction of sp³-hybridized carbons (Fsp3) is 0.529. The van der Waals surface area contributed by atoms with E-state index in [-0.39, 0.29) is 0 Å². The second-order valence-corrected chi connectivity index (χ2v) is 6.10. The smallest absolute Gasteiger partial charge is 0.225 e. The number of aromatic nitrogens is 4.